The summed E-state index contributed by atoms with van der Waals surface area (Å²) in [5.74, 6) is 0. The molecule has 1 aliphatic rings. The van der Waals surface area contributed by atoms with E-state index in [1.165, 1.54) is 25.7 Å². The first-order valence-electron chi connectivity index (χ1n) is 6.22. The summed E-state index contributed by atoms with van der Waals surface area (Å²) in [6.07, 6.45) is 7.23. The smallest absolute Gasteiger partial charge is 0.0791 e. The van der Waals surface area contributed by atoms with Crippen LogP contribution in [0, 0.1) is 0 Å². The molecule has 0 heterocycles. The van der Waals surface area contributed by atoms with Gasteiger partial charge in [0.1, 0.15) is 0 Å². The van der Waals surface area contributed by atoms with Gasteiger partial charge in [0.2, 0.25) is 0 Å². The van der Waals surface area contributed by atoms with Crippen molar-refractivity contribution in [3.8, 4) is 0 Å². The average Bonchev–Trinajstić information content (AvgIpc) is 2.26. The van der Waals surface area contributed by atoms with E-state index in [4.69, 9.17) is 0 Å². The van der Waals surface area contributed by atoms with Gasteiger partial charge in [0, 0.05) is 24.4 Å². The molecule has 96 valence electrons. The van der Waals surface area contributed by atoms with Crippen molar-refractivity contribution in [3.63, 3.8) is 0 Å². The molecule has 0 aromatic carbocycles. The Balaban J connectivity index is 2.24. The molecule has 0 radical (unpaired) electrons. The zero-order valence-corrected chi connectivity index (χ0v) is 11.6. The van der Waals surface area contributed by atoms with Crippen molar-refractivity contribution in [2.24, 2.45) is 0 Å². The Labute approximate surface area is 104 Å². The van der Waals surface area contributed by atoms with Crippen LogP contribution in [-0.4, -0.2) is 60.8 Å². The number of likely N-dealkylation sites (N-methyl/N-ethyl adjacent to an activating group) is 1. The van der Waals surface area contributed by atoms with E-state index in [1.54, 1.807) is 0 Å². The van der Waals surface area contributed by atoms with E-state index >= 15 is 0 Å². The average molecular weight is 246 g/mol. The molecule has 1 saturated carbocycles. The third-order valence-electron chi connectivity index (χ3n) is 3.20. The lowest BCUT2D eigenvalue weighted by molar-refractivity contribution is 0.129. The molecule has 0 aromatic rings. The lowest BCUT2D eigenvalue weighted by atomic mass is 9.95. The topological polar surface area (TPSA) is 35.5 Å². The second kappa shape index (κ2) is 7.54. The highest BCUT2D eigenvalue weighted by Crippen LogP contribution is 2.26. The van der Waals surface area contributed by atoms with Gasteiger partial charge in [-0.05, 0) is 33.2 Å². The van der Waals surface area contributed by atoms with Gasteiger partial charge < -0.3 is 15.3 Å². The predicted octanol–water partition coefficient (Wildman–Crippen LogP) is 1.17. The molecule has 0 amide bonds. The Hall–Kier alpha value is 0.230. The first-order valence-corrected chi connectivity index (χ1v) is 7.51. The van der Waals surface area contributed by atoms with Crippen LogP contribution in [0.1, 0.15) is 25.7 Å². The maximum atomic E-state index is 9.80. The van der Waals surface area contributed by atoms with Gasteiger partial charge in [0.25, 0.3) is 0 Å². The largest absolute Gasteiger partial charge is 0.390 e. The summed E-state index contributed by atoms with van der Waals surface area (Å²) < 4.78 is 0. The van der Waals surface area contributed by atoms with Crippen LogP contribution < -0.4 is 5.32 Å². The highest BCUT2D eigenvalue weighted by molar-refractivity contribution is 7.99. The lowest BCUT2D eigenvalue weighted by Crippen LogP contribution is -2.45. The highest BCUT2D eigenvalue weighted by Gasteiger charge is 2.24. The fraction of sp³-hybridized carbons (Fsp3) is 1.00. The molecular weight excluding hydrogens is 220 g/mol. The summed E-state index contributed by atoms with van der Waals surface area (Å²) in [6.45, 7) is 1.46. The molecule has 0 saturated heterocycles. The van der Waals surface area contributed by atoms with E-state index < -0.39 is 0 Å². The standard InChI is InChI=1S/C12H26N2OS/c1-14(2)9-10(15)8-13-11-6-4-5-7-12(11)16-3/h10-13,15H,4-9H2,1-3H3. The molecule has 1 aliphatic carbocycles. The molecule has 0 bridgehead atoms. The summed E-state index contributed by atoms with van der Waals surface area (Å²) in [6, 6.07) is 0.598. The third-order valence-corrected chi connectivity index (χ3v) is 4.37. The van der Waals surface area contributed by atoms with Crippen LogP contribution in [0.15, 0.2) is 0 Å². The van der Waals surface area contributed by atoms with Crippen molar-refractivity contribution >= 4 is 11.8 Å². The third kappa shape index (κ3) is 5.04. The number of aliphatic hydroxyl groups is 1. The molecule has 3 nitrogen and oxygen atoms in total. The maximum Gasteiger partial charge on any atom is 0.0791 e. The van der Waals surface area contributed by atoms with E-state index in [-0.39, 0.29) is 6.10 Å². The number of nitrogens with one attached hydrogen (secondary N) is 1. The predicted molar refractivity (Wildman–Crippen MR) is 72.1 cm³/mol. The van der Waals surface area contributed by atoms with Gasteiger partial charge in [0.05, 0.1) is 6.10 Å². The molecule has 1 rings (SSSR count). The summed E-state index contributed by atoms with van der Waals surface area (Å²) >= 11 is 1.96. The summed E-state index contributed by atoms with van der Waals surface area (Å²) in [4.78, 5) is 2.03. The molecular formula is C12H26N2OS. The quantitative estimate of drug-likeness (QED) is 0.737. The van der Waals surface area contributed by atoms with E-state index in [1.807, 2.05) is 30.8 Å². The highest BCUT2D eigenvalue weighted by atomic mass is 32.2. The zero-order valence-electron chi connectivity index (χ0n) is 10.8. The van der Waals surface area contributed by atoms with Crippen molar-refractivity contribution in [1.82, 2.24) is 10.2 Å². The molecule has 16 heavy (non-hydrogen) atoms. The lowest BCUT2D eigenvalue weighted by Gasteiger charge is -2.32. The van der Waals surface area contributed by atoms with Gasteiger partial charge in [-0.15, -0.1) is 0 Å². The summed E-state index contributed by atoms with van der Waals surface area (Å²) in [5, 5.41) is 14.1. The Morgan fingerprint density at radius 1 is 1.38 bits per heavy atom. The van der Waals surface area contributed by atoms with Gasteiger partial charge in [-0.1, -0.05) is 12.8 Å². The minimum Gasteiger partial charge on any atom is -0.390 e. The molecule has 0 aromatic heterocycles. The first kappa shape index (κ1) is 14.3. The van der Waals surface area contributed by atoms with Gasteiger partial charge in [-0.25, -0.2) is 0 Å². The molecule has 1 fully saturated rings. The van der Waals surface area contributed by atoms with E-state index in [0.717, 1.165) is 18.3 Å². The van der Waals surface area contributed by atoms with Crippen LogP contribution in [0.3, 0.4) is 0 Å². The molecule has 3 atom stereocenters. The van der Waals surface area contributed by atoms with Gasteiger partial charge in [-0.3, -0.25) is 0 Å². The number of nitrogens with zero attached hydrogens (tertiary/aromatic N) is 1. The van der Waals surface area contributed by atoms with Crippen LogP contribution in [0.5, 0.6) is 0 Å². The zero-order chi connectivity index (χ0) is 12.0. The van der Waals surface area contributed by atoms with Crippen molar-refractivity contribution < 1.29 is 5.11 Å². The number of thioether (sulfide) groups is 1. The van der Waals surface area contributed by atoms with Crippen molar-refractivity contribution in [3.05, 3.63) is 0 Å². The second-order valence-corrected chi connectivity index (χ2v) is 6.07. The van der Waals surface area contributed by atoms with E-state index in [0.29, 0.717) is 6.04 Å². The van der Waals surface area contributed by atoms with Crippen LogP contribution in [0.2, 0.25) is 0 Å². The molecule has 4 heteroatoms. The van der Waals surface area contributed by atoms with E-state index in [2.05, 4.69) is 11.6 Å². The molecule has 3 unspecified atom stereocenters. The minimum atomic E-state index is -0.251. The van der Waals surface area contributed by atoms with Crippen LogP contribution >= 0.6 is 11.8 Å². The monoisotopic (exact) mass is 246 g/mol. The number of hydrogen-bond donors (Lipinski definition) is 2. The van der Waals surface area contributed by atoms with Crippen LogP contribution in [0.25, 0.3) is 0 Å². The summed E-state index contributed by atoms with van der Waals surface area (Å²) in [5.41, 5.74) is 0. The SMILES string of the molecule is CSC1CCCCC1NCC(O)CN(C)C. The fourth-order valence-corrected chi connectivity index (χ4v) is 3.35. The normalized spacial score (nSPS) is 28.3. The van der Waals surface area contributed by atoms with Crippen molar-refractivity contribution in [1.29, 1.82) is 0 Å². The Morgan fingerprint density at radius 2 is 2.06 bits per heavy atom. The minimum absolute atomic E-state index is 0.251. The number of rotatable bonds is 6. The fourth-order valence-electron chi connectivity index (χ4n) is 2.39. The molecule has 0 aliphatic heterocycles. The molecule has 0 spiro atoms. The first-order chi connectivity index (χ1) is 7.63. The number of hydrogen-bond acceptors (Lipinski definition) is 4. The maximum absolute atomic E-state index is 9.80. The second-order valence-electron chi connectivity index (χ2n) is 4.99. The van der Waals surface area contributed by atoms with Crippen molar-refractivity contribution in [2.45, 2.75) is 43.1 Å². The van der Waals surface area contributed by atoms with Gasteiger partial charge in [-0.2, -0.15) is 11.8 Å². The Kier molecular flexibility index (Phi) is 6.73. The number of aliphatic hydroxyl groups excluding tert-OH is 1. The van der Waals surface area contributed by atoms with Gasteiger partial charge in [0.15, 0.2) is 0 Å². The Morgan fingerprint density at radius 3 is 2.69 bits per heavy atom. The van der Waals surface area contributed by atoms with Crippen LogP contribution in [-0.2, 0) is 0 Å². The van der Waals surface area contributed by atoms with Crippen molar-refractivity contribution in [2.75, 3.05) is 33.4 Å². The molecule has 2 N–H and O–H groups in total. The Bertz CT molecular complexity index is 190. The van der Waals surface area contributed by atoms with Gasteiger partial charge >= 0.3 is 0 Å². The summed E-state index contributed by atoms with van der Waals surface area (Å²) in [7, 11) is 3.99. The van der Waals surface area contributed by atoms with E-state index in [9.17, 15) is 5.11 Å². The van der Waals surface area contributed by atoms with Crippen LogP contribution in [0.4, 0.5) is 0 Å².